The maximum atomic E-state index is 11.5. The van der Waals surface area contributed by atoms with Crippen LogP contribution < -0.4 is 10.1 Å². The molecule has 0 saturated carbocycles. The lowest BCUT2D eigenvalue weighted by molar-refractivity contribution is -0.115. The Hall–Kier alpha value is -2.28. The molecule has 2 aromatic rings. The second-order valence-corrected chi connectivity index (χ2v) is 6.75. The number of aliphatic hydroxyl groups excluding tert-OH is 1. The van der Waals surface area contributed by atoms with Crippen molar-refractivity contribution in [2.24, 2.45) is 0 Å². The van der Waals surface area contributed by atoms with E-state index in [1.165, 1.54) is 0 Å². The summed E-state index contributed by atoms with van der Waals surface area (Å²) in [5.74, 6) is 0.197. The normalized spacial score (nSPS) is 16.8. The monoisotopic (exact) mass is 375 g/mol. The van der Waals surface area contributed by atoms with Crippen molar-refractivity contribution in [3.8, 4) is 5.75 Å². The number of rotatable bonds is 5. The highest BCUT2D eigenvalue weighted by Crippen LogP contribution is 2.26. The van der Waals surface area contributed by atoms with Gasteiger partial charge < -0.3 is 9.84 Å². The number of halogens is 1. The van der Waals surface area contributed by atoms with Crippen molar-refractivity contribution in [1.82, 2.24) is 5.32 Å². The first-order valence-electron chi connectivity index (χ1n) is 7.42. The van der Waals surface area contributed by atoms with Gasteiger partial charge in [-0.15, -0.1) is 0 Å². The number of amides is 2. The van der Waals surface area contributed by atoms with Crippen LogP contribution in [0.2, 0.25) is 5.02 Å². The fourth-order valence-electron chi connectivity index (χ4n) is 2.22. The standard InChI is InChI=1S/C18H14ClNO4S/c19-13-3-1-2-12(9-13)15(21)10-24-14-6-4-11(5-7-14)8-16-17(22)20-18(23)25-16/h1-9,15,21H,10H2,(H,20,22,23). The summed E-state index contributed by atoms with van der Waals surface area (Å²) in [4.78, 5) is 23.0. The van der Waals surface area contributed by atoms with Crippen LogP contribution in [0.1, 0.15) is 17.2 Å². The van der Waals surface area contributed by atoms with E-state index in [1.807, 2.05) is 0 Å². The third-order valence-electron chi connectivity index (χ3n) is 3.46. The summed E-state index contributed by atoms with van der Waals surface area (Å²) in [6.45, 7) is 0.0908. The predicted octanol–water partition coefficient (Wildman–Crippen LogP) is 3.78. The average Bonchev–Trinajstić information content (AvgIpc) is 2.91. The van der Waals surface area contributed by atoms with Crippen molar-refractivity contribution >= 4 is 40.6 Å². The molecule has 1 saturated heterocycles. The molecule has 1 aliphatic heterocycles. The number of hydrogen-bond acceptors (Lipinski definition) is 5. The second kappa shape index (κ2) is 7.74. The molecule has 0 spiro atoms. The molecule has 128 valence electrons. The molecular formula is C18H14ClNO4S. The molecule has 0 aromatic heterocycles. The molecule has 1 heterocycles. The summed E-state index contributed by atoms with van der Waals surface area (Å²) in [6, 6.07) is 14.0. The van der Waals surface area contributed by atoms with Gasteiger partial charge in [-0.05, 0) is 53.2 Å². The van der Waals surface area contributed by atoms with Gasteiger partial charge in [0.25, 0.3) is 11.1 Å². The highest BCUT2D eigenvalue weighted by Gasteiger charge is 2.24. The van der Waals surface area contributed by atoms with Crippen molar-refractivity contribution in [3.05, 3.63) is 69.6 Å². The number of carbonyl (C=O) groups is 2. The van der Waals surface area contributed by atoms with E-state index in [0.29, 0.717) is 21.2 Å². The smallest absolute Gasteiger partial charge is 0.290 e. The Bertz CT molecular complexity index is 835. The van der Waals surface area contributed by atoms with Crippen LogP contribution in [0.15, 0.2) is 53.4 Å². The molecule has 7 heteroatoms. The van der Waals surface area contributed by atoms with Gasteiger partial charge in [-0.2, -0.15) is 0 Å². The Balaban J connectivity index is 1.60. The van der Waals surface area contributed by atoms with Crippen molar-refractivity contribution < 1.29 is 19.4 Å². The van der Waals surface area contributed by atoms with Crippen LogP contribution in [0.4, 0.5) is 4.79 Å². The van der Waals surface area contributed by atoms with E-state index in [0.717, 1.165) is 17.3 Å². The summed E-state index contributed by atoms with van der Waals surface area (Å²) >= 11 is 6.78. The molecular weight excluding hydrogens is 362 g/mol. The fourth-order valence-corrected chi connectivity index (χ4v) is 3.10. The first kappa shape index (κ1) is 17.5. The van der Waals surface area contributed by atoms with Gasteiger partial charge in [-0.3, -0.25) is 14.9 Å². The number of ether oxygens (including phenoxy) is 1. The maximum Gasteiger partial charge on any atom is 0.290 e. The van der Waals surface area contributed by atoms with Gasteiger partial charge in [0, 0.05) is 5.02 Å². The molecule has 0 aliphatic carbocycles. The second-order valence-electron chi connectivity index (χ2n) is 5.30. The SMILES string of the molecule is O=C1NC(=O)C(=Cc2ccc(OCC(O)c3cccc(Cl)c3)cc2)S1. The summed E-state index contributed by atoms with van der Waals surface area (Å²) < 4.78 is 5.57. The summed E-state index contributed by atoms with van der Waals surface area (Å²) in [5.41, 5.74) is 1.46. The van der Waals surface area contributed by atoms with E-state index in [1.54, 1.807) is 54.6 Å². The molecule has 25 heavy (non-hydrogen) atoms. The number of nitrogens with one attached hydrogen (secondary N) is 1. The molecule has 1 fully saturated rings. The number of hydrogen-bond donors (Lipinski definition) is 2. The zero-order valence-electron chi connectivity index (χ0n) is 12.9. The average molecular weight is 376 g/mol. The van der Waals surface area contributed by atoms with Crippen molar-refractivity contribution in [2.45, 2.75) is 6.10 Å². The van der Waals surface area contributed by atoms with Crippen LogP contribution in [0, 0.1) is 0 Å². The Morgan fingerprint density at radius 1 is 1.20 bits per heavy atom. The molecule has 2 aromatic carbocycles. The van der Waals surface area contributed by atoms with Crippen molar-refractivity contribution in [3.63, 3.8) is 0 Å². The molecule has 2 amide bonds. The number of imide groups is 1. The van der Waals surface area contributed by atoms with Crippen LogP contribution in [0.25, 0.3) is 6.08 Å². The maximum absolute atomic E-state index is 11.5. The van der Waals surface area contributed by atoms with Gasteiger partial charge >= 0.3 is 0 Å². The van der Waals surface area contributed by atoms with Crippen LogP contribution >= 0.6 is 23.4 Å². The number of carbonyl (C=O) groups excluding carboxylic acids is 2. The zero-order chi connectivity index (χ0) is 17.8. The molecule has 0 bridgehead atoms. The Kier molecular flexibility index (Phi) is 5.43. The lowest BCUT2D eigenvalue weighted by Gasteiger charge is -2.13. The van der Waals surface area contributed by atoms with Crippen molar-refractivity contribution in [2.75, 3.05) is 6.61 Å². The summed E-state index contributed by atoms with van der Waals surface area (Å²) in [7, 11) is 0. The minimum absolute atomic E-state index is 0.0908. The lowest BCUT2D eigenvalue weighted by atomic mass is 10.1. The topological polar surface area (TPSA) is 75.6 Å². The molecule has 2 N–H and O–H groups in total. The van der Waals surface area contributed by atoms with Crippen LogP contribution in [0.3, 0.4) is 0 Å². The third-order valence-corrected chi connectivity index (χ3v) is 4.51. The van der Waals surface area contributed by atoms with Gasteiger partial charge in [-0.1, -0.05) is 35.9 Å². The fraction of sp³-hybridized carbons (Fsp3) is 0.111. The van der Waals surface area contributed by atoms with Gasteiger partial charge in [0.05, 0.1) is 4.91 Å². The molecule has 3 rings (SSSR count). The Morgan fingerprint density at radius 2 is 1.96 bits per heavy atom. The van der Waals surface area contributed by atoms with Gasteiger partial charge in [0.2, 0.25) is 0 Å². The number of thioether (sulfide) groups is 1. The van der Waals surface area contributed by atoms with Gasteiger partial charge in [0.1, 0.15) is 18.5 Å². The highest BCUT2D eigenvalue weighted by molar-refractivity contribution is 8.18. The third kappa shape index (κ3) is 4.63. The van der Waals surface area contributed by atoms with Gasteiger partial charge in [0.15, 0.2) is 0 Å². The minimum atomic E-state index is -0.787. The molecule has 1 atom stereocenters. The molecule has 0 radical (unpaired) electrons. The quantitative estimate of drug-likeness (QED) is 0.778. The Labute approximate surface area is 153 Å². The minimum Gasteiger partial charge on any atom is -0.491 e. The van der Waals surface area contributed by atoms with E-state index in [4.69, 9.17) is 16.3 Å². The van der Waals surface area contributed by atoms with E-state index in [-0.39, 0.29) is 17.8 Å². The first-order valence-corrected chi connectivity index (χ1v) is 8.62. The first-order chi connectivity index (χ1) is 12.0. The molecule has 1 aliphatic rings. The van der Waals surface area contributed by atoms with E-state index >= 15 is 0 Å². The zero-order valence-corrected chi connectivity index (χ0v) is 14.5. The molecule has 1 unspecified atom stereocenters. The largest absolute Gasteiger partial charge is 0.491 e. The number of benzene rings is 2. The van der Waals surface area contributed by atoms with Crippen molar-refractivity contribution in [1.29, 1.82) is 0 Å². The van der Waals surface area contributed by atoms with E-state index in [9.17, 15) is 14.7 Å². The van der Waals surface area contributed by atoms with Crippen LogP contribution in [0.5, 0.6) is 5.75 Å². The Morgan fingerprint density at radius 3 is 2.60 bits per heavy atom. The number of aliphatic hydroxyl groups is 1. The van der Waals surface area contributed by atoms with Crippen LogP contribution in [-0.2, 0) is 4.79 Å². The lowest BCUT2D eigenvalue weighted by Crippen LogP contribution is -2.17. The predicted molar refractivity (Wildman–Crippen MR) is 97.5 cm³/mol. The van der Waals surface area contributed by atoms with E-state index in [2.05, 4.69) is 5.32 Å². The molecule has 5 nitrogen and oxygen atoms in total. The summed E-state index contributed by atoms with van der Waals surface area (Å²) in [6.07, 6.45) is 0.847. The van der Waals surface area contributed by atoms with Gasteiger partial charge in [-0.25, -0.2) is 0 Å². The van der Waals surface area contributed by atoms with E-state index < -0.39 is 6.10 Å². The highest BCUT2D eigenvalue weighted by atomic mass is 35.5. The summed E-state index contributed by atoms with van der Waals surface area (Å²) in [5, 5.41) is 12.5. The van der Waals surface area contributed by atoms with Crippen LogP contribution in [-0.4, -0.2) is 22.9 Å².